The molecule has 2 amide bonds. The molecule has 0 aromatic rings. The zero-order valence-electron chi connectivity index (χ0n) is 11.1. The van der Waals surface area contributed by atoms with Gasteiger partial charge in [0, 0.05) is 6.54 Å². The van der Waals surface area contributed by atoms with Crippen molar-refractivity contribution < 1.29 is 19.5 Å². The van der Waals surface area contributed by atoms with E-state index in [2.05, 4.69) is 5.32 Å². The van der Waals surface area contributed by atoms with Crippen molar-refractivity contribution in [2.45, 2.75) is 44.7 Å². The van der Waals surface area contributed by atoms with Gasteiger partial charge in [-0.05, 0) is 19.3 Å². The van der Waals surface area contributed by atoms with Crippen LogP contribution in [0.4, 0.5) is 0 Å². The molecule has 1 aliphatic rings. The first-order valence-corrected chi connectivity index (χ1v) is 6.53. The molecule has 0 aromatic carbocycles. The van der Waals surface area contributed by atoms with E-state index in [1.807, 2.05) is 6.92 Å². The molecule has 1 aliphatic heterocycles. The molecule has 0 unspecified atom stereocenters. The molecule has 1 heterocycles. The van der Waals surface area contributed by atoms with Crippen molar-refractivity contribution in [2.75, 3.05) is 13.1 Å². The Morgan fingerprint density at radius 2 is 2.16 bits per heavy atom. The van der Waals surface area contributed by atoms with Crippen molar-refractivity contribution in [3.05, 3.63) is 0 Å². The molecule has 7 heteroatoms. The molecule has 0 aromatic heterocycles. The van der Waals surface area contributed by atoms with Crippen molar-refractivity contribution in [3.8, 4) is 0 Å². The lowest BCUT2D eigenvalue weighted by molar-refractivity contribution is -0.148. The summed E-state index contributed by atoms with van der Waals surface area (Å²) in [4.78, 5) is 35.6. The van der Waals surface area contributed by atoms with Crippen LogP contribution in [-0.4, -0.2) is 53.0 Å². The summed E-state index contributed by atoms with van der Waals surface area (Å²) in [5.41, 5.74) is 5.61. The van der Waals surface area contributed by atoms with E-state index < -0.39 is 18.1 Å². The number of nitrogens with one attached hydrogen (secondary N) is 1. The van der Waals surface area contributed by atoms with E-state index in [0.717, 1.165) is 6.42 Å². The summed E-state index contributed by atoms with van der Waals surface area (Å²) in [7, 11) is 0. The van der Waals surface area contributed by atoms with Crippen LogP contribution in [0.25, 0.3) is 0 Å². The van der Waals surface area contributed by atoms with E-state index in [-0.39, 0.29) is 18.4 Å². The molecule has 0 aliphatic carbocycles. The monoisotopic (exact) mass is 271 g/mol. The average molecular weight is 271 g/mol. The highest BCUT2D eigenvalue weighted by Gasteiger charge is 2.33. The van der Waals surface area contributed by atoms with E-state index >= 15 is 0 Å². The molecule has 0 bridgehead atoms. The first kappa shape index (κ1) is 15.4. The van der Waals surface area contributed by atoms with Crippen LogP contribution >= 0.6 is 0 Å². The highest BCUT2D eigenvalue weighted by atomic mass is 16.4. The van der Waals surface area contributed by atoms with E-state index in [9.17, 15) is 14.4 Å². The fraction of sp³-hybridized carbons (Fsp3) is 0.750. The van der Waals surface area contributed by atoms with Crippen molar-refractivity contribution in [1.82, 2.24) is 10.2 Å². The zero-order chi connectivity index (χ0) is 14.4. The third-order valence-electron chi connectivity index (χ3n) is 3.21. The van der Waals surface area contributed by atoms with Gasteiger partial charge in [-0.25, -0.2) is 4.79 Å². The third-order valence-corrected chi connectivity index (χ3v) is 3.21. The molecular formula is C12H21N3O4. The van der Waals surface area contributed by atoms with Crippen LogP contribution in [0.15, 0.2) is 0 Å². The second-order valence-corrected chi connectivity index (χ2v) is 4.70. The minimum Gasteiger partial charge on any atom is -0.480 e. The highest BCUT2D eigenvalue weighted by molar-refractivity contribution is 5.89. The molecule has 1 fully saturated rings. The molecule has 0 saturated carbocycles. The lowest BCUT2D eigenvalue weighted by Crippen LogP contribution is -2.48. The van der Waals surface area contributed by atoms with Crippen molar-refractivity contribution in [1.29, 1.82) is 0 Å². The van der Waals surface area contributed by atoms with E-state index in [1.54, 1.807) is 0 Å². The normalized spacial score (nSPS) is 20.1. The SMILES string of the molecule is CCC[C@H](N)C(=O)NCC(=O)N1CCC[C@H]1C(=O)O. The molecule has 1 rings (SSSR count). The second kappa shape index (κ2) is 7.08. The molecule has 0 spiro atoms. The summed E-state index contributed by atoms with van der Waals surface area (Å²) in [6.45, 7) is 2.15. The summed E-state index contributed by atoms with van der Waals surface area (Å²) in [5.74, 6) is -1.75. The number of carbonyl (C=O) groups excluding carboxylic acids is 2. The van der Waals surface area contributed by atoms with Gasteiger partial charge in [-0.2, -0.15) is 0 Å². The topological polar surface area (TPSA) is 113 Å². The number of nitrogens with two attached hydrogens (primary N) is 1. The van der Waals surface area contributed by atoms with Crippen LogP contribution < -0.4 is 11.1 Å². The highest BCUT2D eigenvalue weighted by Crippen LogP contribution is 2.17. The Morgan fingerprint density at radius 1 is 1.47 bits per heavy atom. The van der Waals surface area contributed by atoms with E-state index in [1.165, 1.54) is 4.90 Å². The molecule has 0 radical (unpaired) electrons. The number of rotatable bonds is 6. The van der Waals surface area contributed by atoms with Gasteiger partial charge < -0.3 is 21.1 Å². The van der Waals surface area contributed by atoms with Crippen molar-refractivity contribution >= 4 is 17.8 Å². The number of carboxylic acids is 1. The Hall–Kier alpha value is -1.63. The minimum absolute atomic E-state index is 0.194. The van der Waals surface area contributed by atoms with Gasteiger partial charge in [0.15, 0.2) is 0 Å². The lowest BCUT2D eigenvalue weighted by atomic mass is 10.2. The summed E-state index contributed by atoms with van der Waals surface area (Å²) in [6.07, 6.45) is 2.48. The number of hydrogen-bond acceptors (Lipinski definition) is 4. The Morgan fingerprint density at radius 3 is 2.74 bits per heavy atom. The maximum absolute atomic E-state index is 11.9. The molecule has 108 valence electrons. The summed E-state index contributed by atoms with van der Waals surface area (Å²) < 4.78 is 0. The molecular weight excluding hydrogens is 250 g/mol. The largest absolute Gasteiger partial charge is 0.480 e. The van der Waals surface area contributed by atoms with Gasteiger partial charge in [-0.1, -0.05) is 13.3 Å². The summed E-state index contributed by atoms with van der Waals surface area (Å²) in [5, 5.41) is 11.4. The van der Waals surface area contributed by atoms with Gasteiger partial charge in [-0.3, -0.25) is 9.59 Å². The maximum atomic E-state index is 11.9. The Labute approximate surface area is 112 Å². The number of amides is 2. The van der Waals surface area contributed by atoms with Gasteiger partial charge >= 0.3 is 5.97 Å². The molecule has 7 nitrogen and oxygen atoms in total. The standard InChI is InChI=1S/C12H21N3O4/c1-2-4-8(13)11(17)14-7-10(16)15-6-3-5-9(15)12(18)19/h8-9H,2-7,13H2,1H3,(H,14,17)(H,18,19)/t8-,9-/m0/s1. The van der Waals surface area contributed by atoms with Gasteiger partial charge in [0.05, 0.1) is 12.6 Å². The van der Waals surface area contributed by atoms with E-state index in [4.69, 9.17) is 10.8 Å². The molecule has 19 heavy (non-hydrogen) atoms. The maximum Gasteiger partial charge on any atom is 0.326 e. The number of hydrogen-bond donors (Lipinski definition) is 3. The predicted molar refractivity (Wildman–Crippen MR) is 68.3 cm³/mol. The van der Waals surface area contributed by atoms with Gasteiger partial charge in [-0.15, -0.1) is 0 Å². The predicted octanol–water partition coefficient (Wildman–Crippen LogP) is -0.694. The zero-order valence-corrected chi connectivity index (χ0v) is 11.1. The fourth-order valence-corrected chi connectivity index (χ4v) is 2.16. The molecule has 4 N–H and O–H groups in total. The van der Waals surface area contributed by atoms with Crippen molar-refractivity contribution in [3.63, 3.8) is 0 Å². The second-order valence-electron chi connectivity index (χ2n) is 4.70. The van der Waals surface area contributed by atoms with E-state index in [0.29, 0.717) is 25.8 Å². The Kier molecular flexibility index (Phi) is 5.75. The van der Waals surface area contributed by atoms with Crippen molar-refractivity contribution in [2.24, 2.45) is 5.73 Å². The summed E-state index contributed by atoms with van der Waals surface area (Å²) in [6, 6.07) is -1.39. The quantitative estimate of drug-likeness (QED) is 0.591. The molecule has 2 atom stereocenters. The number of nitrogens with zero attached hydrogens (tertiary/aromatic N) is 1. The Balaban J connectivity index is 2.43. The number of aliphatic carboxylic acids is 1. The van der Waals surface area contributed by atoms with Gasteiger partial charge in [0.25, 0.3) is 0 Å². The van der Waals surface area contributed by atoms with Crippen LogP contribution in [0, 0.1) is 0 Å². The van der Waals surface area contributed by atoms with Crippen LogP contribution in [-0.2, 0) is 14.4 Å². The number of likely N-dealkylation sites (tertiary alicyclic amines) is 1. The number of carboxylic acid groups (broad SMARTS) is 1. The van der Waals surface area contributed by atoms with Gasteiger partial charge in [0.2, 0.25) is 11.8 Å². The molecule has 1 saturated heterocycles. The average Bonchev–Trinajstić information content (AvgIpc) is 2.85. The van der Waals surface area contributed by atoms with Crippen LogP contribution in [0.1, 0.15) is 32.6 Å². The fourth-order valence-electron chi connectivity index (χ4n) is 2.16. The third kappa shape index (κ3) is 4.20. The minimum atomic E-state index is -1.00. The van der Waals surface area contributed by atoms with Crippen LogP contribution in [0.5, 0.6) is 0 Å². The van der Waals surface area contributed by atoms with Gasteiger partial charge in [0.1, 0.15) is 6.04 Å². The Bertz CT molecular complexity index is 359. The van der Waals surface area contributed by atoms with Crippen LogP contribution in [0.2, 0.25) is 0 Å². The van der Waals surface area contributed by atoms with Crippen LogP contribution in [0.3, 0.4) is 0 Å². The first-order valence-electron chi connectivity index (χ1n) is 6.53. The smallest absolute Gasteiger partial charge is 0.326 e. The number of carbonyl (C=O) groups is 3. The lowest BCUT2D eigenvalue weighted by Gasteiger charge is -2.22. The summed E-state index contributed by atoms with van der Waals surface area (Å²) >= 11 is 0. The first-order chi connectivity index (χ1) is 8.97.